The Kier molecular flexibility index (Phi) is 6.06. The Morgan fingerprint density at radius 2 is 2.00 bits per heavy atom. The Morgan fingerprint density at radius 1 is 1.24 bits per heavy atom. The molecule has 1 atom stereocenters. The SMILES string of the molecule is CCCCOCC(C)Oc1cc(C)ccc1C. The maximum atomic E-state index is 5.88. The fraction of sp³-hybridized carbons (Fsp3) is 0.600. The van der Waals surface area contributed by atoms with Gasteiger partial charge in [-0.15, -0.1) is 0 Å². The second kappa shape index (κ2) is 7.33. The minimum absolute atomic E-state index is 0.104. The standard InChI is InChI=1S/C15H24O2/c1-5-6-9-16-11-14(4)17-15-10-12(2)7-8-13(15)3/h7-8,10,14H,5-6,9,11H2,1-4H3. The summed E-state index contributed by atoms with van der Waals surface area (Å²) < 4.78 is 11.4. The number of hydrogen-bond donors (Lipinski definition) is 0. The van der Waals surface area contributed by atoms with Gasteiger partial charge in [0.15, 0.2) is 0 Å². The van der Waals surface area contributed by atoms with E-state index < -0.39 is 0 Å². The van der Waals surface area contributed by atoms with Crippen LogP contribution >= 0.6 is 0 Å². The lowest BCUT2D eigenvalue weighted by atomic mass is 10.1. The highest BCUT2D eigenvalue weighted by Crippen LogP contribution is 2.20. The first-order valence-electron chi connectivity index (χ1n) is 6.45. The van der Waals surface area contributed by atoms with Gasteiger partial charge in [-0.1, -0.05) is 25.5 Å². The van der Waals surface area contributed by atoms with Crippen molar-refractivity contribution >= 4 is 0 Å². The summed E-state index contributed by atoms with van der Waals surface area (Å²) >= 11 is 0. The van der Waals surface area contributed by atoms with Gasteiger partial charge in [-0.05, 0) is 44.4 Å². The van der Waals surface area contributed by atoms with Crippen LogP contribution < -0.4 is 4.74 Å². The second-order valence-corrected chi connectivity index (χ2v) is 4.63. The maximum absolute atomic E-state index is 5.88. The largest absolute Gasteiger partial charge is 0.488 e. The van der Waals surface area contributed by atoms with Gasteiger partial charge in [0.05, 0.1) is 6.61 Å². The van der Waals surface area contributed by atoms with Crippen molar-refractivity contribution < 1.29 is 9.47 Å². The monoisotopic (exact) mass is 236 g/mol. The van der Waals surface area contributed by atoms with Crippen molar-refractivity contribution in [2.45, 2.75) is 46.6 Å². The summed E-state index contributed by atoms with van der Waals surface area (Å²) in [6.07, 6.45) is 2.40. The van der Waals surface area contributed by atoms with Crippen LogP contribution in [0.4, 0.5) is 0 Å². The van der Waals surface area contributed by atoms with E-state index in [1.54, 1.807) is 0 Å². The van der Waals surface area contributed by atoms with Crippen LogP contribution in [0.1, 0.15) is 37.8 Å². The van der Waals surface area contributed by atoms with Crippen molar-refractivity contribution in [1.29, 1.82) is 0 Å². The predicted octanol–water partition coefficient (Wildman–Crippen LogP) is 3.89. The van der Waals surface area contributed by atoms with E-state index in [9.17, 15) is 0 Å². The molecular weight excluding hydrogens is 212 g/mol. The number of ether oxygens (including phenoxy) is 2. The fourth-order valence-electron chi connectivity index (χ4n) is 1.58. The zero-order valence-electron chi connectivity index (χ0n) is 11.5. The van der Waals surface area contributed by atoms with Crippen LogP contribution in [0.25, 0.3) is 0 Å². The zero-order chi connectivity index (χ0) is 12.7. The number of rotatable bonds is 7. The van der Waals surface area contributed by atoms with E-state index in [2.05, 4.69) is 39.0 Å². The Labute approximate surface area is 105 Å². The van der Waals surface area contributed by atoms with Crippen LogP contribution in [0.15, 0.2) is 18.2 Å². The Balaban J connectivity index is 2.39. The first kappa shape index (κ1) is 14.0. The number of aryl methyl sites for hydroxylation is 2. The first-order chi connectivity index (χ1) is 8.13. The van der Waals surface area contributed by atoms with Crippen molar-refractivity contribution in [2.75, 3.05) is 13.2 Å². The summed E-state index contributed by atoms with van der Waals surface area (Å²) in [5, 5.41) is 0. The van der Waals surface area contributed by atoms with Crippen LogP contribution in [0, 0.1) is 13.8 Å². The molecule has 0 amide bonds. The molecule has 1 unspecified atom stereocenters. The van der Waals surface area contributed by atoms with E-state index in [1.165, 1.54) is 17.5 Å². The van der Waals surface area contributed by atoms with Crippen LogP contribution in [0.5, 0.6) is 5.75 Å². The summed E-state index contributed by atoms with van der Waals surface area (Å²) in [5.74, 6) is 0.969. The molecule has 0 radical (unpaired) electrons. The van der Waals surface area contributed by atoms with Gasteiger partial charge in [-0.25, -0.2) is 0 Å². The lowest BCUT2D eigenvalue weighted by Gasteiger charge is -2.17. The average Bonchev–Trinajstić information content (AvgIpc) is 2.29. The number of hydrogen-bond acceptors (Lipinski definition) is 2. The van der Waals surface area contributed by atoms with Crippen molar-refractivity contribution in [3.8, 4) is 5.75 Å². The lowest BCUT2D eigenvalue weighted by molar-refractivity contribution is 0.0569. The third-order valence-corrected chi connectivity index (χ3v) is 2.67. The number of unbranched alkanes of at least 4 members (excludes halogenated alkanes) is 1. The molecule has 1 aromatic rings. The Hall–Kier alpha value is -1.02. The van der Waals surface area contributed by atoms with Gasteiger partial charge in [0.25, 0.3) is 0 Å². The van der Waals surface area contributed by atoms with Gasteiger partial charge in [0, 0.05) is 6.61 Å². The van der Waals surface area contributed by atoms with Crippen LogP contribution in [-0.2, 0) is 4.74 Å². The minimum Gasteiger partial charge on any atom is -0.488 e. The molecule has 0 aliphatic heterocycles. The summed E-state index contributed by atoms with van der Waals surface area (Å²) in [5.41, 5.74) is 2.40. The van der Waals surface area contributed by atoms with E-state index in [-0.39, 0.29) is 6.10 Å². The molecule has 1 rings (SSSR count). The molecule has 0 bridgehead atoms. The molecule has 0 aromatic heterocycles. The quantitative estimate of drug-likeness (QED) is 0.669. The molecule has 0 heterocycles. The molecule has 0 N–H and O–H groups in total. The van der Waals surface area contributed by atoms with Gasteiger partial charge in [-0.2, -0.15) is 0 Å². The summed E-state index contributed by atoms with van der Waals surface area (Å²) in [4.78, 5) is 0. The highest BCUT2D eigenvalue weighted by atomic mass is 16.5. The highest BCUT2D eigenvalue weighted by Gasteiger charge is 2.06. The Morgan fingerprint density at radius 3 is 2.71 bits per heavy atom. The van der Waals surface area contributed by atoms with Crippen molar-refractivity contribution in [2.24, 2.45) is 0 Å². The molecule has 17 heavy (non-hydrogen) atoms. The molecule has 0 spiro atoms. The molecule has 2 nitrogen and oxygen atoms in total. The second-order valence-electron chi connectivity index (χ2n) is 4.63. The molecule has 1 aromatic carbocycles. The minimum atomic E-state index is 0.104. The third-order valence-electron chi connectivity index (χ3n) is 2.67. The van der Waals surface area contributed by atoms with E-state index >= 15 is 0 Å². The fourth-order valence-corrected chi connectivity index (χ4v) is 1.58. The Bertz CT molecular complexity index is 334. The zero-order valence-corrected chi connectivity index (χ0v) is 11.5. The van der Waals surface area contributed by atoms with E-state index in [4.69, 9.17) is 9.47 Å². The molecular formula is C15H24O2. The highest BCUT2D eigenvalue weighted by molar-refractivity contribution is 5.36. The van der Waals surface area contributed by atoms with Crippen molar-refractivity contribution in [1.82, 2.24) is 0 Å². The molecule has 2 heteroatoms. The summed E-state index contributed by atoms with van der Waals surface area (Å²) in [6.45, 7) is 9.85. The van der Waals surface area contributed by atoms with Crippen LogP contribution in [-0.4, -0.2) is 19.3 Å². The molecule has 0 fully saturated rings. The predicted molar refractivity (Wildman–Crippen MR) is 71.7 cm³/mol. The van der Waals surface area contributed by atoms with E-state index in [1.807, 2.05) is 6.92 Å². The summed E-state index contributed by atoms with van der Waals surface area (Å²) in [7, 11) is 0. The van der Waals surface area contributed by atoms with Crippen molar-refractivity contribution in [3.05, 3.63) is 29.3 Å². The molecule has 0 saturated carbocycles. The number of benzene rings is 1. The summed E-state index contributed by atoms with van der Waals surface area (Å²) in [6, 6.07) is 6.28. The van der Waals surface area contributed by atoms with Crippen LogP contribution in [0.2, 0.25) is 0 Å². The first-order valence-corrected chi connectivity index (χ1v) is 6.45. The van der Waals surface area contributed by atoms with E-state index in [0.717, 1.165) is 18.8 Å². The topological polar surface area (TPSA) is 18.5 Å². The van der Waals surface area contributed by atoms with Gasteiger partial charge in [0.1, 0.15) is 11.9 Å². The molecule has 0 aliphatic carbocycles. The van der Waals surface area contributed by atoms with Gasteiger partial charge >= 0.3 is 0 Å². The average molecular weight is 236 g/mol. The van der Waals surface area contributed by atoms with Gasteiger partial charge < -0.3 is 9.47 Å². The van der Waals surface area contributed by atoms with Crippen molar-refractivity contribution in [3.63, 3.8) is 0 Å². The van der Waals surface area contributed by atoms with E-state index in [0.29, 0.717) is 6.61 Å². The molecule has 96 valence electrons. The normalized spacial score (nSPS) is 12.5. The smallest absolute Gasteiger partial charge is 0.123 e. The maximum Gasteiger partial charge on any atom is 0.123 e. The molecule has 0 aliphatic rings. The molecule has 0 saturated heterocycles. The van der Waals surface area contributed by atoms with Crippen LogP contribution in [0.3, 0.4) is 0 Å². The lowest BCUT2D eigenvalue weighted by Crippen LogP contribution is -2.20. The van der Waals surface area contributed by atoms with Gasteiger partial charge in [-0.3, -0.25) is 0 Å². The third kappa shape index (κ3) is 5.22. The van der Waals surface area contributed by atoms with Gasteiger partial charge in [0.2, 0.25) is 0 Å².